The Bertz CT molecular complexity index is 790. The smallest absolute Gasteiger partial charge is 0.250 e. The van der Waals surface area contributed by atoms with Gasteiger partial charge in [0.25, 0.3) is 5.56 Å². The monoisotopic (exact) mass is 282 g/mol. The summed E-state index contributed by atoms with van der Waals surface area (Å²) in [6, 6.07) is 12.6. The SMILES string of the molecule is COc1ccc(-n2ncnc2Cn2ccccc2=O)cc1. The number of rotatable bonds is 4. The molecule has 0 unspecified atom stereocenters. The van der Waals surface area contributed by atoms with Gasteiger partial charge in [-0.3, -0.25) is 4.79 Å². The van der Waals surface area contributed by atoms with Crippen LogP contribution in [0.2, 0.25) is 0 Å². The number of nitrogens with zero attached hydrogens (tertiary/aromatic N) is 4. The van der Waals surface area contributed by atoms with Gasteiger partial charge in [-0.25, -0.2) is 9.67 Å². The highest BCUT2D eigenvalue weighted by atomic mass is 16.5. The molecule has 0 aliphatic carbocycles. The lowest BCUT2D eigenvalue weighted by Crippen LogP contribution is -2.20. The number of ether oxygens (including phenoxy) is 1. The largest absolute Gasteiger partial charge is 0.497 e. The molecule has 106 valence electrons. The lowest BCUT2D eigenvalue weighted by Gasteiger charge is -2.08. The van der Waals surface area contributed by atoms with Crippen LogP contribution in [0.4, 0.5) is 0 Å². The summed E-state index contributed by atoms with van der Waals surface area (Å²) in [6.45, 7) is 0.367. The Labute approximate surface area is 121 Å². The van der Waals surface area contributed by atoms with E-state index >= 15 is 0 Å². The number of aromatic nitrogens is 4. The molecule has 0 fully saturated rings. The van der Waals surface area contributed by atoms with Gasteiger partial charge in [0.1, 0.15) is 12.1 Å². The minimum atomic E-state index is -0.0678. The van der Waals surface area contributed by atoms with Crippen molar-refractivity contribution in [3.05, 3.63) is 71.2 Å². The predicted octanol–water partition coefficient (Wildman–Crippen LogP) is 1.49. The molecule has 1 aromatic carbocycles. The maximum Gasteiger partial charge on any atom is 0.250 e. The quantitative estimate of drug-likeness (QED) is 0.727. The Kier molecular flexibility index (Phi) is 3.51. The first-order chi connectivity index (χ1) is 10.3. The van der Waals surface area contributed by atoms with E-state index in [-0.39, 0.29) is 5.56 Å². The molecule has 0 amide bonds. The maximum atomic E-state index is 11.8. The fraction of sp³-hybridized carbons (Fsp3) is 0.133. The highest BCUT2D eigenvalue weighted by Crippen LogP contribution is 2.15. The van der Waals surface area contributed by atoms with E-state index in [0.717, 1.165) is 11.4 Å². The van der Waals surface area contributed by atoms with Crippen molar-refractivity contribution < 1.29 is 4.74 Å². The molecule has 0 saturated carbocycles. The molecule has 3 rings (SSSR count). The molecular weight excluding hydrogens is 268 g/mol. The standard InChI is InChI=1S/C15H14N4O2/c1-21-13-7-5-12(6-8-13)19-14(16-11-17-19)10-18-9-3-2-4-15(18)20/h2-9,11H,10H2,1H3. The van der Waals surface area contributed by atoms with Crippen molar-refractivity contribution in [2.45, 2.75) is 6.54 Å². The number of hydrogen-bond acceptors (Lipinski definition) is 4. The van der Waals surface area contributed by atoms with Crippen LogP contribution >= 0.6 is 0 Å². The lowest BCUT2D eigenvalue weighted by atomic mass is 10.3. The van der Waals surface area contributed by atoms with Gasteiger partial charge in [0.05, 0.1) is 19.3 Å². The summed E-state index contributed by atoms with van der Waals surface area (Å²) < 4.78 is 8.43. The predicted molar refractivity (Wildman–Crippen MR) is 77.7 cm³/mol. The molecule has 2 aromatic heterocycles. The van der Waals surface area contributed by atoms with Gasteiger partial charge in [-0.15, -0.1) is 0 Å². The third-order valence-corrected chi connectivity index (χ3v) is 3.15. The van der Waals surface area contributed by atoms with Crippen LogP contribution in [0.5, 0.6) is 5.75 Å². The molecule has 0 spiro atoms. The molecular formula is C15H14N4O2. The molecule has 0 aliphatic heterocycles. The summed E-state index contributed by atoms with van der Waals surface area (Å²) in [5.74, 6) is 1.47. The molecule has 6 heteroatoms. The van der Waals surface area contributed by atoms with Crippen molar-refractivity contribution in [3.8, 4) is 11.4 Å². The second-order valence-corrected chi connectivity index (χ2v) is 4.45. The highest BCUT2D eigenvalue weighted by Gasteiger charge is 2.08. The number of methoxy groups -OCH3 is 1. The van der Waals surface area contributed by atoms with E-state index in [1.165, 1.54) is 12.4 Å². The summed E-state index contributed by atoms with van der Waals surface area (Å²) in [7, 11) is 1.62. The van der Waals surface area contributed by atoms with E-state index in [1.807, 2.05) is 30.3 Å². The van der Waals surface area contributed by atoms with Crippen LogP contribution in [0, 0.1) is 0 Å². The van der Waals surface area contributed by atoms with Gasteiger partial charge in [-0.1, -0.05) is 6.07 Å². The fourth-order valence-electron chi connectivity index (χ4n) is 2.06. The molecule has 21 heavy (non-hydrogen) atoms. The summed E-state index contributed by atoms with van der Waals surface area (Å²) >= 11 is 0. The number of pyridine rings is 1. The minimum absolute atomic E-state index is 0.0678. The molecule has 0 aliphatic rings. The van der Waals surface area contributed by atoms with Crippen molar-refractivity contribution in [2.75, 3.05) is 7.11 Å². The first-order valence-corrected chi connectivity index (χ1v) is 6.47. The maximum absolute atomic E-state index is 11.8. The van der Waals surface area contributed by atoms with E-state index < -0.39 is 0 Å². The average molecular weight is 282 g/mol. The zero-order chi connectivity index (χ0) is 14.7. The highest BCUT2D eigenvalue weighted by molar-refractivity contribution is 5.37. The summed E-state index contributed by atoms with van der Waals surface area (Å²) in [5, 5.41) is 4.22. The third kappa shape index (κ3) is 2.69. The minimum Gasteiger partial charge on any atom is -0.497 e. The van der Waals surface area contributed by atoms with Crippen LogP contribution in [0.25, 0.3) is 5.69 Å². The number of hydrogen-bond donors (Lipinski definition) is 0. The second kappa shape index (κ2) is 5.62. The molecule has 0 atom stereocenters. The van der Waals surface area contributed by atoms with Crippen molar-refractivity contribution in [2.24, 2.45) is 0 Å². The first kappa shape index (κ1) is 13.1. The molecule has 0 N–H and O–H groups in total. The average Bonchev–Trinajstić information content (AvgIpc) is 2.98. The zero-order valence-corrected chi connectivity index (χ0v) is 11.5. The van der Waals surface area contributed by atoms with Crippen LogP contribution in [0.15, 0.2) is 59.8 Å². The van der Waals surface area contributed by atoms with Crippen molar-refractivity contribution in [1.82, 2.24) is 19.3 Å². The van der Waals surface area contributed by atoms with Gasteiger partial charge in [0.2, 0.25) is 0 Å². The Morgan fingerprint density at radius 2 is 1.95 bits per heavy atom. The van der Waals surface area contributed by atoms with Crippen molar-refractivity contribution in [1.29, 1.82) is 0 Å². The summed E-state index contributed by atoms with van der Waals surface area (Å²) in [5.41, 5.74) is 0.800. The molecule has 6 nitrogen and oxygen atoms in total. The molecule has 2 heterocycles. The Morgan fingerprint density at radius 3 is 2.67 bits per heavy atom. The number of benzene rings is 1. The topological polar surface area (TPSA) is 61.9 Å². The Morgan fingerprint density at radius 1 is 1.14 bits per heavy atom. The van der Waals surface area contributed by atoms with E-state index in [0.29, 0.717) is 12.4 Å². The van der Waals surface area contributed by atoms with Gasteiger partial charge in [0, 0.05) is 12.3 Å². The van der Waals surface area contributed by atoms with E-state index in [2.05, 4.69) is 10.1 Å². The zero-order valence-electron chi connectivity index (χ0n) is 11.5. The molecule has 3 aromatic rings. The van der Waals surface area contributed by atoms with Gasteiger partial charge in [-0.2, -0.15) is 5.10 Å². The van der Waals surface area contributed by atoms with Crippen molar-refractivity contribution >= 4 is 0 Å². The first-order valence-electron chi connectivity index (χ1n) is 6.47. The lowest BCUT2D eigenvalue weighted by molar-refractivity contribution is 0.414. The van der Waals surface area contributed by atoms with Gasteiger partial charge in [-0.05, 0) is 30.3 Å². The van der Waals surface area contributed by atoms with Gasteiger partial charge < -0.3 is 9.30 Å². The molecule has 0 bridgehead atoms. The molecule has 0 saturated heterocycles. The van der Waals surface area contributed by atoms with Crippen LogP contribution in [0.1, 0.15) is 5.82 Å². The van der Waals surface area contributed by atoms with Crippen LogP contribution in [-0.2, 0) is 6.54 Å². The van der Waals surface area contributed by atoms with Gasteiger partial charge in [0.15, 0.2) is 5.82 Å². The van der Waals surface area contributed by atoms with E-state index in [4.69, 9.17) is 4.74 Å². The van der Waals surface area contributed by atoms with E-state index in [1.54, 1.807) is 28.6 Å². The van der Waals surface area contributed by atoms with Crippen LogP contribution in [0.3, 0.4) is 0 Å². The third-order valence-electron chi connectivity index (χ3n) is 3.15. The summed E-state index contributed by atoms with van der Waals surface area (Å²) in [4.78, 5) is 16.0. The Hall–Kier alpha value is -2.89. The fourth-order valence-corrected chi connectivity index (χ4v) is 2.06. The normalized spacial score (nSPS) is 10.5. The van der Waals surface area contributed by atoms with Crippen LogP contribution < -0.4 is 10.3 Å². The van der Waals surface area contributed by atoms with Crippen molar-refractivity contribution in [3.63, 3.8) is 0 Å². The van der Waals surface area contributed by atoms with E-state index in [9.17, 15) is 4.79 Å². The van der Waals surface area contributed by atoms with Gasteiger partial charge >= 0.3 is 0 Å². The molecule has 0 radical (unpaired) electrons. The summed E-state index contributed by atoms with van der Waals surface area (Å²) in [6.07, 6.45) is 3.21. The second-order valence-electron chi connectivity index (χ2n) is 4.45. The van der Waals surface area contributed by atoms with Crippen LogP contribution in [-0.4, -0.2) is 26.4 Å². The Balaban J connectivity index is 1.93.